The Kier molecular flexibility index (Phi) is 2.32. The zero-order chi connectivity index (χ0) is 7.61. The third-order valence-corrected chi connectivity index (χ3v) is 2.70. The first-order chi connectivity index (χ1) is 4.69. The van der Waals surface area contributed by atoms with Gasteiger partial charge in [0, 0.05) is 6.61 Å². The Labute approximate surface area is 61.9 Å². The lowest BCUT2D eigenvalue weighted by molar-refractivity contribution is -0.0948. The van der Waals surface area contributed by atoms with E-state index in [1.807, 2.05) is 0 Å². The van der Waals surface area contributed by atoms with Crippen molar-refractivity contribution >= 4 is 0 Å². The van der Waals surface area contributed by atoms with Crippen molar-refractivity contribution in [2.45, 2.75) is 38.2 Å². The van der Waals surface area contributed by atoms with Gasteiger partial charge in [-0.15, -0.1) is 0 Å². The van der Waals surface area contributed by atoms with E-state index in [0.29, 0.717) is 5.92 Å². The quantitative estimate of drug-likeness (QED) is 0.618. The van der Waals surface area contributed by atoms with Crippen LogP contribution in [0.3, 0.4) is 0 Å². The predicted octanol–water partition coefficient (Wildman–Crippen LogP) is 0.920. The molecule has 0 bridgehead atoms. The number of rotatable bonds is 3. The molecule has 0 aromatic heterocycles. The molecule has 0 saturated heterocycles. The molecule has 0 aliphatic heterocycles. The predicted molar refractivity (Wildman–Crippen MR) is 39.7 cm³/mol. The summed E-state index contributed by atoms with van der Waals surface area (Å²) in [5.74, 6) is 0.444. The van der Waals surface area contributed by atoms with Gasteiger partial charge in [-0.2, -0.15) is 0 Å². The van der Waals surface area contributed by atoms with Crippen molar-refractivity contribution in [2.24, 2.45) is 5.92 Å². The third kappa shape index (κ3) is 1.32. The fraction of sp³-hybridized carbons (Fsp3) is 1.00. The number of aliphatic hydroxyl groups excluding tert-OH is 1. The highest BCUT2D eigenvalue weighted by Crippen LogP contribution is 2.41. The van der Waals surface area contributed by atoms with Crippen LogP contribution in [0.5, 0.6) is 0 Å². The second-order valence-electron chi connectivity index (χ2n) is 3.37. The maximum absolute atomic E-state index is 9.70. The molecule has 2 nitrogen and oxygen atoms in total. The van der Waals surface area contributed by atoms with Gasteiger partial charge in [0.2, 0.25) is 0 Å². The minimum atomic E-state index is -0.428. The van der Waals surface area contributed by atoms with E-state index in [2.05, 4.69) is 6.92 Å². The molecule has 1 fully saturated rings. The molecule has 1 aliphatic rings. The van der Waals surface area contributed by atoms with Crippen molar-refractivity contribution in [1.29, 1.82) is 0 Å². The second kappa shape index (κ2) is 2.89. The third-order valence-electron chi connectivity index (χ3n) is 2.70. The van der Waals surface area contributed by atoms with Crippen molar-refractivity contribution in [3.63, 3.8) is 0 Å². The van der Waals surface area contributed by atoms with E-state index in [1.54, 1.807) is 0 Å². The number of hydrogen-bond acceptors (Lipinski definition) is 2. The SMILES string of the molecule is CC1CCC1(O)CCCO. The molecule has 60 valence electrons. The van der Waals surface area contributed by atoms with Crippen LogP contribution in [0.4, 0.5) is 0 Å². The summed E-state index contributed by atoms with van der Waals surface area (Å²) in [6.07, 6.45) is 3.57. The van der Waals surface area contributed by atoms with E-state index < -0.39 is 5.60 Å². The Hall–Kier alpha value is -0.0800. The molecule has 10 heavy (non-hydrogen) atoms. The van der Waals surface area contributed by atoms with Crippen molar-refractivity contribution in [2.75, 3.05) is 6.61 Å². The molecule has 0 heterocycles. The summed E-state index contributed by atoms with van der Waals surface area (Å²) in [4.78, 5) is 0. The van der Waals surface area contributed by atoms with E-state index >= 15 is 0 Å². The molecule has 2 heteroatoms. The molecule has 1 saturated carbocycles. The first-order valence-corrected chi connectivity index (χ1v) is 4.02. The molecule has 0 spiro atoms. The first kappa shape index (κ1) is 8.02. The number of aliphatic hydroxyl groups is 2. The maximum Gasteiger partial charge on any atom is 0.0674 e. The zero-order valence-electron chi connectivity index (χ0n) is 6.51. The Bertz CT molecular complexity index is 114. The molecule has 1 aliphatic carbocycles. The lowest BCUT2D eigenvalue weighted by atomic mass is 9.68. The lowest BCUT2D eigenvalue weighted by Crippen LogP contribution is -2.45. The monoisotopic (exact) mass is 144 g/mol. The molecular weight excluding hydrogens is 128 g/mol. The van der Waals surface area contributed by atoms with Gasteiger partial charge >= 0.3 is 0 Å². The molecule has 2 atom stereocenters. The highest BCUT2D eigenvalue weighted by atomic mass is 16.3. The van der Waals surface area contributed by atoms with Gasteiger partial charge < -0.3 is 10.2 Å². The molecule has 2 N–H and O–H groups in total. The van der Waals surface area contributed by atoms with Crippen molar-refractivity contribution in [3.8, 4) is 0 Å². The Morgan fingerprint density at radius 1 is 1.60 bits per heavy atom. The van der Waals surface area contributed by atoms with E-state index in [4.69, 9.17) is 5.11 Å². The van der Waals surface area contributed by atoms with Crippen LogP contribution in [0.25, 0.3) is 0 Å². The van der Waals surface area contributed by atoms with Gasteiger partial charge in [-0.1, -0.05) is 6.92 Å². The average molecular weight is 144 g/mol. The number of hydrogen-bond donors (Lipinski definition) is 2. The van der Waals surface area contributed by atoms with E-state index in [-0.39, 0.29) is 6.61 Å². The first-order valence-electron chi connectivity index (χ1n) is 4.02. The van der Waals surface area contributed by atoms with E-state index in [9.17, 15) is 5.11 Å². The van der Waals surface area contributed by atoms with Gasteiger partial charge in [-0.25, -0.2) is 0 Å². The molecule has 0 amide bonds. The van der Waals surface area contributed by atoms with Crippen LogP contribution in [0.2, 0.25) is 0 Å². The van der Waals surface area contributed by atoms with Gasteiger partial charge in [-0.05, 0) is 31.6 Å². The van der Waals surface area contributed by atoms with Gasteiger partial charge in [0.1, 0.15) is 0 Å². The summed E-state index contributed by atoms with van der Waals surface area (Å²) >= 11 is 0. The van der Waals surface area contributed by atoms with Crippen LogP contribution < -0.4 is 0 Å². The highest BCUT2D eigenvalue weighted by molar-refractivity contribution is 4.93. The lowest BCUT2D eigenvalue weighted by Gasteiger charge is -2.43. The van der Waals surface area contributed by atoms with E-state index in [0.717, 1.165) is 25.7 Å². The van der Waals surface area contributed by atoms with Crippen LogP contribution in [-0.4, -0.2) is 22.4 Å². The minimum absolute atomic E-state index is 0.203. The van der Waals surface area contributed by atoms with Crippen LogP contribution in [0, 0.1) is 5.92 Å². The van der Waals surface area contributed by atoms with Crippen LogP contribution >= 0.6 is 0 Å². The summed E-state index contributed by atoms with van der Waals surface area (Å²) < 4.78 is 0. The fourth-order valence-corrected chi connectivity index (χ4v) is 1.52. The highest BCUT2D eigenvalue weighted by Gasteiger charge is 2.40. The van der Waals surface area contributed by atoms with Crippen LogP contribution in [-0.2, 0) is 0 Å². The summed E-state index contributed by atoms with van der Waals surface area (Å²) in [6.45, 7) is 2.27. The second-order valence-corrected chi connectivity index (χ2v) is 3.37. The van der Waals surface area contributed by atoms with Crippen LogP contribution in [0.1, 0.15) is 32.6 Å². The van der Waals surface area contributed by atoms with Gasteiger partial charge in [0.05, 0.1) is 5.60 Å². The molecule has 2 unspecified atom stereocenters. The molecule has 0 aromatic carbocycles. The minimum Gasteiger partial charge on any atom is -0.396 e. The normalized spacial score (nSPS) is 39.3. The summed E-state index contributed by atoms with van der Waals surface area (Å²) in [5, 5.41) is 18.2. The summed E-state index contributed by atoms with van der Waals surface area (Å²) in [6, 6.07) is 0. The zero-order valence-corrected chi connectivity index (χ0v) is 6.51. The standard InChI is InChI=1S/C8H16O2/c1-7-3-5-8(7,10)4-2-6-9/h7,9-10H,2-6H2,1H3. The Morgan fingerprint density at radius 2 is 2.30 bits per heavy atom. The smallest absolute Gasteiger partial charge is 0.0674 e. The van der Waals surface area contributed by atoms with Gasteiger partial charge in [-0.3, -0.25) is 0 Å². The molecule has 0 aromatic rings. The van der Waals surface area contributed by atoms with Gasteiger partial charge in [0.25, 0.3) is 0 Å². The maximum atomic E-state index is 9.70. The Morgan fingerprint density at radius 3 is 2.60 bits per heavy atom. The molecule has 0 radical (unpaired) electrons. The fourth-order valence-electron chi connectivity index (χ4n) is 1.52. The summed E-state index contributed by atoms with van der Waals surface area (Å²) in [7, 11) is 0. The molecule has 1 rings (SSSR count). The Balaban J connectivity index is 2.24. The van der Waals surface area contributed by atoms with Crippen molar-refractivity contribution in [1.82, 2.24) is 0 Å². The van der Waals surface area contributed by atoms with E-state index in [1.165, 1.54) is 0 Å². The molecular formula is C8H16O2. The van der Waals surface area contributed by atoms with Gasteiger partial charge in [0.15, 0.2) is 0 Å². The average Bonchev–Trinajstić information content (AvgIpc) is 1.97. The topological polar surface area (TPSA) is 40.5 Å². The summed E-state index contributed by atoms with van der Waals surface area (Å²) in [5.41, 5.74) is -0.428. The van der Waals surface area contributed by atoms with Crippen LogP contribution in [0.15, 0.2) is 0 Å². The van der Waals surface area contributed by atoms with Crippen molar-refractivity contribution < 1.29 is 10.2 Å². The van der Waals surface area contributed by atoms with Crippen molar-refractivity contribution in [3.05, 3.63) is 0 Å². The largest absolute Gasteiger partial charge is 0.396 e.